The first-order chi connectivity index (χ1) is 13.5. The van der Waals surface area contributed by atoms with Crippen LogP contribution in [0.4, 0.5) is 15.8 Å². The van der Waals surface area contributed by atoms with Crippen molar-refractivity contribution < 1.29 is 14.0 Å². The van der Waals surface area contributed by atoms with Crippen LogP contribution in [0.1, 0.15) is 26.4 Å². The fourth-order valence-corrected chi connectivity index (χ4v) is 2.53. The molecule has 0 radical (unpaired) electrons. The second-order valence-corrected chi connectivity index (χ2v) is 6.03. The smallest absolute Gasteiger partial charge is 0.274 e. The molecule has 0 spiro atoms. The maximum Gasteiger partial charge on any atom is 0.274 e. The van der Waals surface area contributed by atoms with Crippen LogP contribution in [0, 0.1) is 17.1 Å². The number of pyridine rings is 1. The molecule has 0 aliphatic carbocycles. The first-order valence-corrected chi connectivity index (χ1v) is 8.38. The summed E-state index contributed by atoms with van der Waals surface area (Å²) >= 11 is 5.69. The number of nitrogens with zero attached hydrogens (tertiary/aromatic N) is 2. The molecule has 0 aliphatic rings. The molecule has 8 heteroatoms. The number of hydrogen-bond donors (Lipinski definition) is 2. The van der Waals surface area contributed by atoms with Crippen molar-refractivity contribution >= 4 is 34.8 Å². The molecule has 2 amide bonds. The Morgan fingerprint density at radius 3 is 2.57 bits per heavy atom. The van der Waals surface area contributed by atoms with Crippen molar-refractivity contribution in [1.82, 2.24) is 4.98 Å². The zero-order chi connectivity index (χ0) is 20.1. The molecule has 0 unspecified atom stereocenters. The van der Waals surface area contributed by atoms with E-state index in [1.807, 2.05) is 6.07 Å². The summed E-state index contributed by atoms with van der Waals surface area (Å²) in [7, 11) is 0. The van der Waals surface area contributed by atoms with E-state index in [-0.39, 0.29) is 22.0 Å². The maximum atomic E-state index is 13.2. The van der Waals surface area contributed by atoms with Crippen LogP contribution in [0.5, 0.6) is 0 Å². The Hall–Kier alpha value is -3.76. The molecule has 1 heterocycles. The van der Waals surface area contributed by atoms with Crippen molar-refractivity contribution in [3.05, 3.63) is 88.5 Å². The Labute approximate surface area is 164 Å². The van der Waals surface area contributed by atoms with E-state index in [1.165, 1.54) is 30.5 Å². The van der Waals surface area contributed by atoms with E-state index < -0.39 is 17.6 Å². The molecule has 138 valence electrons. The Bertz CT molecular complexity index is 1110. The Morgan fingerprint density at radius 2 is 1.82 bits per heavy atom. The average molecular weight is 395 g/mol. The number of rotatable bonds is 4. The van der Waals surface area contributed by atoms with Crippen LogP contribution in [0.15, 0.2) is 60.8 Å². The number of anilines is 2. The van der Waals surface area contributed by atoms with Gasteiger partial charge in [0.1, 0.15) is 17.6 Å². The third-order valence-corrected chi connectivity index (χ3v) is 4.02. The number of nitriles is 1. The lowest BCUT2D eigenvalue weighted by Crippen LogP contribution is -2.17. The van der Waals surface area contributed by atoms with E-state index in [1.54, 1.807) is 24.3 Å². The molecule has 0 saturated heterocycles. The minimum Gasteiger partial charge on any atom is -0.321 e. The summed E-state index contributed by atoms with van der Waals surface area (Å²) in [5, 5.41) is 14.1. The third-order valence-electron chi connectivity index (χ3n) is 3.73. The zero-order valence-corrected chi connectivity index (χ0v) is 15.0. The van der Waals surface area contributed by atoms with Gasteiger partial charge in [-0.1, -0.05) is 23.7 Å². The summed E-state index contributed by atoms with van der Waals surface area (Å²) in [5.74, 6) is -1.69. The molecule has 0 bridgehead atoms. The number of benzene rings is 2. The van der Waals surface area contributed by atoms with Crippen LogP contribution < -0.4 is 10.6 Å². The van der Waals surface area contributed by atoms with Crippen LogP contribution >= 0.6 is 11.6 Å². The minimum absolute atomic E-state index is 0.0123. The number of carbonyl (C=O) groups is 2. The summed E-state index contributed by atoms with van der Waals surface area (Å²) in [6.45, 7) is 0. The van der Waals surface area contributed by atoms with Gasteiger partial charge in [0.2, 0.25) is 0 Å². The summed E-state index contributed by atoms with van der Waals surface area (Å²) < 4.78 is 13.2. The normalized spacial score (nSPS) is 10.0. The molecule has 3 aromatic rings. The first-order valence-electron chi connectivity index (χ1n) is 8.01. The molecular weight excluding hydrogens is 383 g/mol. The maximum absolute atomic E-state index is 13.2. The summed E-state index contributed by atoms with van der Waals surface area (Å²) in [6.07, 6.45) is 1.32. The minimum atomic E-state index is -0.603. The van der Waals surface area contributed by atoms with Crippen molar-refractivity contribution in [3.63, 3.8) is 0 Å². The molecule has 0 aliphatic heterocycles. The molecule has 0 fully saturated rings. The second-order valence-electron chi connectivity index (χ2n) is 5.62. The fourth-order valence-electron chi connectivity index (χ4n) is 2.35. The lowest BCUT2D eigenvalue weighted by Gasteiger charge is -2.09. The molecule has 6 nitrogen and oxygen atoms in total. The van der Waals surface area contributed by atoms with Crippen molar-refractivity contribution in [3.8, 4) is 6.07 Å². The Morgan fingerprint density at radius 1 is 1.04 bits per heavy atom. The van der Waals surface area contributed by atoms with E-state index in [9.17, 15) is 14.0 Å². The average Bonchev–Trinajstić information content (AvgIpc) is 2.71. The van der Waals surface area contributed by atoms with E-state index in [4.69, 9.17) is 16.9 Å². The fraction of sp³-hybridized carbons (Fsp3) is 0. The number of nitrogens with one attached hydrogen (secondary N) is 2. The predicted octanol–water partition coefficient (Wildman–Crippen LogP) is 4.25. The second kappa shape index (κ2) is 8.29. The first kappa shape index (κ1) is 19.0. The van der Waals surface area contributed by atoms with Gasteiger partial charge < -0.3 is 10.6 Å². The van der Waals surface area contributed by atoms with Crippen molar-refractivity contribution in [2.75, 3.05) is 10.6 Å². The van der Waals surface area contributed by atoms with Crippen LogP contribution in [0.25, 0.3) is 0 Å². The van der Waals surface area contributed by atoms with Crippen molar-refractivity contribution in [2.24, 2.45) is 0 Å². The van der Waals surface area contributed by atoms with E-state index in [0.29, 0.717) is 11.3 Å². The molecule has 0 saturated carbocycles. The predicted molar refractivity (Wildman–Crippen MR) is 103 cm³/mol. The van der Waals surface area contributed by atoms with Crippen LogP contribution in [0.3, 0.4) is 0 Å². The van der Waals surface area contributed by atoms with Gasteiger partial charge in [0.15, 0.2) is 0 Å². The van der Waals surface area contributed by atoms with E-state index >= 15 is 0 Å². The largest absolute Gasteiger partial charge is 0.321 e. The quantitative estimate of drug-likeness (QED) is 0.691. The highest BCUT2D eigenvalue weighted by Gasteiger charge is 2.14. The monoisotopic (exact) mass is 394 g/mol. The van der Waals surface area contributed by atoms with Crippen LogP contribution in [-0.2, 0) is 0 Å². The van der Waals surface area contributed by atoms with Crippen molar-refractivity contribution in [1.29, 1.82) is 5.26 Å². The Kier molecular flexibility index (Phi) is 5.63. The number of carbonyl (C=O) groups excluding carboxylic acids is 2. The SMILES string of the molecule is N#Cc1ccccc1NC(=O)c1ccnc(C(=O)Nc2ccc(F)c(Cl)c2)c1. The standard InChI is InChI=1S/C20H12ClFN4O2/c21-15-10-14(5-6-16(15)22)25-20(28)18-9-12(7-8-24-18)19(27)26-17-4-2-1-3-13(17)11-23/h1-10H,(H,25,28)(H,26,27). The van der Waals surface area contributed by atoms with E-state index in [0.717, 1.165) is 6.07 Å². The highest BCUT2D eigenvalue weighted by Crippen LogP contribution is 2.20. The zero-order valence-electron chi connectivity index (χ0n) is 14.2. The van der Waals surface area contributed by atoms with Gasteiger partial charge in [0.25, 0.3) is 11.8 Å². The highest BCUT2D eigenvalue weighted by atomic mass is 35.5. The van der Waals surface area contributed by atoms with Gasteiger partial charge in [0.05, 0.1) is 16.3 Å². The van der Waals surface area contributed by atoms with Gasteiger partial charge in [-0.25, -0.2) is 4.39 Å². The van der Waals surface area contributed by atoms with Gasteiger partial charge in [-0.15, -0.1) is 0 Å². The summed E-state index contributed by atoms with van der Waals surface area (Å²) in [4.78, 5) is 28.8. The van der Waals surface area contributed by atoms with Gasteiger partial charge in [-0.2, -0.15) is 5.26 Å². The number of amides is 2. The highest BCUT2D eigenvalue weighted by molar-refractivity contribution is 6.31. The van der Waals surface area contributed by atoms with Gasteiger partial charge in [0, 0.05) is 17.4 Å². The Balaban J connectivity index is 1.77. The molecular formula is C20H12ClFN4O2. The molecule has 1 aromatic heterocycles. The van der Waals surface area contributed by atoms with Gasteiger partial charge >= 0.3 is 0 Å². The van der Waals surface area contributed by atoms with Gasteiger partial charge in [-0.05, 0) is 42.5 Å². The van der Waals surface area contributed by atoms with Crippen LogP contribution in [0.2, 0.25) is 5.02 Å². The summed E-state index contributed by atoms with van der Waals surface area (Å²) in [5.41, 5.74) is 1.14. The van der Waals surface area contributed by atoms with Crippen molar-refractivity contribution in [2.45, 2.75) is 0 Å². The number of para-hydroxylation sites is 1. The molecule has 2 aromatic carbocycles. The van der Waals surface area contributed by atoms with E-state index in [2.05, 4.69) is 15.6 Å². The molecule has 3 rings (SSSR count). The topological polar surface area (TPSA) is 94.9 Å². The van der Waals surface area contributed by atoms with Crippen LogP contribution in [-0.4, -0.2) is 16.8 Å². The molecule has 28 heavy (non-hydrogen) atoms. The van der Waals surface area contributed by atoms with Gasteiger partial charge in [-0.3, -0.25) is 14.6 Å². The number of hydrogen-bond acceptors (Lipinski definition) is 4. The third kappa shape index (κ3) is 4.31. The lowest BCUT2D eigenvalue weighted by atomic mass is 10.1. The number of aromatic nitrogens is 1. The molecule has 0 atom stereocenters. The lowest BCUT2D eigenvalue weighted by molar-refractivity contribution is 0.102. The molecule has 2 N–H and O–H groups in total. The number of halogens is 2. The summed E-state index contributed by atoms with van der Waals surface area (Å²) in [6, 6.07) is 15.0.